The number of aromatic nitrogens is 1. The van der Waals surface area contributed by atoms with Crippen LogP contribution < -0.4 is 16.0 Å². The van der Waals surface area contributed by atoms with Crippen LogP contribution in [-0.4, -0.2) is 29.4 Å². The topological polar surface area (TPSA) is 83.1 Å². The van der Waals surface area contributed by atoms with Gasteiger partial charge in [-0.15, -0.1) is 0 Å². The lowest BCUT2D eigenvalue weighted by molar-refractivity contribution is -0.114. The van der Waals surface area contributed by atoms with Crippen molar-refractivity contribution in [2.75, 3.05) is 17.2 Å². The minimum atomic E-state index is -0.189. The molecule has 0 fully saturated rings. The Labute approximate surface area is 140 Å². The standard InChI is InChI=1S/C18H20N4O2/c1-12(7-8-13-5-3-2-4-6-13)21-18(24)14-9-15-17(19-10-14)20-11-16(23)22-15/h2-6,9-10,12H,7-8,11H2,1H3,(H,19,20)(H,21,24)(H,22,23). The van der Waals surface area contributed by atoms with Gasteiger partial charge in [-0.1, -0.05) is 30.3 Å². The van der Waals surface area contributed by atoms with Crippen molar-refractivity contribution in [3.05, 3.63) is 53.7 Å². The summed E-state index contributed by atoms with van der Waals surface area (Å²) in [6, 6.07) is 11.9. The van der Waals surface area contributed by atoms with E-state index in [-0.39, 0.29) is 24.4 Å². The quantitative estimate of drug-likeness (QED) is 0.787. The second-order valence-corrected chi connectivity index (χ2v) is 5.92. The van der Waals surface area contributed by atoms with Crippen molar-refractivity contribution in [1.82, 2.24) is 10.3 Å². The molecule has 3 N–H and O–H groups in total. The molecule has 0 saturated heterocycles. The van der Waals surface area contributed by atoms with E-state index in [1.807, 2.05) is 25.1 Å². The van der Waals surface area contributed by atoms with Crippen molar-refractivity contribution in [3.63, 3.8) is 0 Å². The van der Waals surface area contributed by atoms with Gasteiger partial charge in [0, 0.05) is 12.2 Å². The summed E-state index contributed by atoms with van der Waals surface area (Å²) in [4.78, 5) is 27.9. The molecular weight excluding hydrogens is 304 g/mol. The van der Waals surface area contributed by atoms with Gasteiger partial charge in [-0.2, -0.15) is 0 Å². The Morgan fingerprint density at radius 3 is 2.92 bits per heavy atom. The van der Waals surface area contributed by atoms with E-state index in [4.69, 9.17) is 0 Å². The SMILES string of the molecule is CC(CCc1ccccc1)NC(=O)c1cnc2c(c1)NC(=O)CN2. The predicted molar refractivity (Wildman–Crippen MR) is 93.0 cm³/mol. The average molecular weight is 324 g/mol. The van der Waals surface area contributed by atoms with Gasteiger partial charge in [-0.05, 0) is 31.4 Å². The monoisotopic (exact) mass is 324 g/mol. The van der Waals surface area contributed by atoms with Gasteiger partial charge in [-0.25, -0.2) is 4.98 Å². The summed E-state index contributed by atoms with van der Waals surface area (Å²) in [5.74, 6) is 0.257. The highest BCUT2D eigenvalue weighted by atomic mass is 16.2. The molecule has 1 aromatic carbocycles. The Morgan fingerprint density at radius 2 is 2.12 bits per heavy atom. The van der Waals surface area contributed by atoms with Crippen molar-refractivity contribution in [2.24, 2.45) is 0 Å². The predicted octanol–water partition coefficient (Wildman–Crippen LogP) is 2.20. The third-order valence-corrected chi connectivity index (χ3v) is 3.93. The number of hydrogen-bond donors (Lipinski definition) is 3. The molecule has 1 aliphatic heterocycles. The second kappa shape index (κ2) is 7.12. The molecule has 124 valence electrons. The van der Waals surface area contributed by atoms with E-state index in [9.17, 15) is 9.59 Å². The van der Waals surface area contributed by atoms with Gasteiger partial charge >= 0.3 is 0 Å². The molecule has 24 heavy (non-hydrogen) atoms. The average Bonchev–Trinajstić information content (AvgIpc) is 2.60. The second-order valence-electron chi connectivity index (χ2n) is 5.92. The first-order chi connectivity index (χ1) is 11.6. The van der Waals surface area contributed by atoms with Gasteiger partial charge in [0.05, 0.1) is 17.8 Å². The maximum Gasteiger partial charge on any atom is 0.253 e. The van der Waals surface area contributed by atoms with Crippen molar-refractivity contribution < 1.29 is 9.59 Å². The highest BCUT2D eigenvalue weighted by molar-refractivity contribution is 6.02. The van der Waals surface area contributed by atoms with Crippen LogP contribution in [0, 0.1) is 0 Å². The number of benzene rings is 1. The zero-order valence-corrected chi connectivity index (χ0v) is 13.5. The zero-order valence-electron chi connectivity index (χ0n) is 13.5. The van der Waals surface area contributed by atoms with E-state index in [2.05, 4.69) is 33.1 Å². The van der Waals surface area contributed by atoms with E-state index in [1.54, 1.807) is 6.07 Å². The van der Waals surface area contributed by atoms with Crippen LogP contribution in [-0.2, 0) is 11.2 Å². The van der Waals surface area contributed by atoms with Crippen LogP contribution in [0.2, 0.25) is 0 Å². The third-order valence-electron chi connectivity index (χ3n) is 3.93. The summed E-state index contributed by atoms with van der Waals surface area (Å²) in [6.07, 6.45) is 3.28. The first kappa shape index (κ1) is 16.0. The maximum absolute atomic E-state index is 12.3. The highest BCUT2D eigenvalue weighted by Gasteiger charge is 2.18. The number of pyridine rings is 1. The molecule has 2 amide bonds. The normalized spacial score (nSPS) is 14.1. The van der Waals surface area contributed by atoms with Crippen LogP contribution in [0.15, 0.2) is 42.6 Å². The molecule has 6 nitrogen and oxygen atoms in total. The fraction of sp³-hybridized carbons (Fsp3) is 0.278. The van der Waals surface area contributed by atoms with Crippen molar-refractivity contribution >= 4 is 23.3 Å². The number of nitrogens with one attached hydrogen (secondary N) is 3. The molecule has 0 spiro atoms. The highest BCUT2D eigenvalue weighted by Crippen LogP contribution is 2.22. The van der Waals surface area contributed by atoms with Gasteiger partial charge in [-0.3, -0.25) is 9.59 Å². The van der Waals surface area contributed by atoms with Crippen LogP contribution in [0.25, 0.3) is 0 Å². The Morgan fingerprint density at radius 1 is 1.33 bits per heavy atom. The molecule has 0 aliphatic carbocycles. The largest absolute Gasteiger partial charge is 0.359 e. The fourth-order valence-corrected chi connectivity index (χ4v) is 2.59. The van der Waals surface area contributed by atoms with Crippen LogP contribution in [0.5, 0.6) is 0 Å². The van der Waals surface area contributed by atoms with Gasteiger partial charge in [0.25, 0.3) is 5.91 Å². The summed E-state index contributed by atoms with van der Waals surface area (Å²) in [7, 11) is 0. The molecule has 1 atom stereocenters. The lowest BCUT2D eigenvalue weighted by atomic mass is 10.1. The molecule has 2 heterocycles. The molecule has 1 aliphatic rings. The minimum absolute atomic E-state index is 0.0430. The van der Waals surface area contributed by atoms with E-state index in [1.165, 1.54) is 11.8 Å². The Bertz CT molecular complexity index is 746. The molecule has 0 radical (unpaired) electrons. The molecule has 2 aromatic rings. The van der Waals surface area contributed by atoms with Crippen LogP contribution >= 0.6 is 0 Å². The van der Waals surface area contributed by atoms with Crippen molar-refractivity contribution in [1.29, 1.82) is 0 Å². The van der Waals surface area contributed by atoms with Gasteiger partial charge < -0.3 is 16.0 Å². The summed E-state index contributed by atoms with van der Waals surface area (Å²) in [5, 5.41) is 8.59. The first-order valence-corrected chi connectivity index (χ1v) is 8.00. The molecule has 6 heteroatoms. The molecule has 3 rings (SSSR count). The van der Waals surface area contributed by atoms with Crippen molar-refractivity contribution in [2.45, 2.75) is 25.8 Å². The van der Waals surface area contributed by atoms with E-state index >= 15 is 0 Å². The smallest absolute Gasteiger partial charge is 0.253 e. The summed E-state index contributed by atoms with van der Waals surface area (Å²) >= 11 is 0. The summed E-state index contributed by atoms with van der Waals surface area (Å²) < 4.78 is 0. The van der Waals surface area contributed by atoms with E-state index in [0.717, 1.165) is 12.8 Å². The number of nitrogens with zero attached hydrogens (tertiary/aromatic N) is 1. The van der Waals surface area contributed by atoms with E-state index < -0.39 is 0 Å². The third kappa shape index (κ3) is 3.90. The number of amides is 2. The van der Waals surface area contributed by atoms with Crippen molar-refractivity contribution in [3.8, 4) is 0 Å². The Kier molecular flexibility index (Phi) is 4.74. The lowest BCUT2D eigenvalue weighted by Crippen LogP contribution is -2.33. The minimum Gasteiger partial charge on any atom is -0.359 e. The summed E-state index contributed by atoms with van der Waals surface area (Å²) in [6.45, 7) is 2.18. The van der Waals surface area contributed by atoms with Crippen LogP contribution in [0.4, 0.5) is 11.5 Å². The maximum atomic E-state index is 12.3. The Balaban J connectivity index is 1.58. The fourth-order valence-electron chi connectivity index (χ4n) is 2.59. The number of hydrogen-bond acceptors (Lipinski definition) is 4. The number of fused-ring (bicyclic) bond motifs is 1. The first-order valence-electron chi connectivity index (χ1n) is 8.00. The van der Waals surface area contributed by atoms with Crippen LogP contribution in [0.1, 0.15) is 29.3 Å². The van der Waals surface area contributed by atoms with E-state index in [0.29, 0.717) is 17.1 Å². The molecule has 1 unspecified atom stereocenters. The zero-order chi connectivity index (χ0) is 16.9. The number of anilines is 2. The molecular formula is C18H20N4O2. The molecule has 0 saturated carbocycles. The molecule has 0 bridgehead atoms. The number of carbonyl (C=O) groups excluding carboxylic acids is 2. The lowest BCUT2D eigenvalue weighted by Gasteiger charge is -2.19. The number of aryl methyl sites for hydroxylation is 1. The number of rotatable bonds is 5. The van der Waals surface area contributed by atoms with Gasteiger partial charge in [0.1, 0.15) is 5.82 Å². The summed E-state index contributed by atoms with van der Waals surface area (Å²) in [5.41, 5.74) is 2.22. The molecule has 1 aromatic heterocycles. The number of carbonyl (C=O) groups is 2. The van der Waals surface area contributed by atoms with Crippen LogP contribution in [0.3, 0.4) is 0 Å². The Hall–Kier alpha value is -2.89. The van der Waals surface area contributed by atoms with Gasteiger partial charge in [0.15, 0.2) is 0 Å². The van der Waals surface area contributed by atoms with Gasteiger partial charge in [0.2, 0.25) is 5.91 Å².